The van der Waals surface area contributed by atoms with Crippen molar-refractivity contribution in [2.75, 3.05) is 0 Å². The number of carbonyl (C=O) groups excluding carboxylic acids is 1. The van der Waals surface area contributed by atoms with E-state index >= 15 is 0 Å². The summed E-state index contributed by atoms with van der Waals surface area (Å²) in [5.41, 5.74) is 3.49. The molecule has 0 radical (unpaired) electrons. The van der Waals surface area contributed by atoms with E-state index in [1.807, 2.05) is 19.1 Å². The molecule has 1 N–H and O–H groups in total. The summed E-state index contributed by atoms with van der Waals surface area (Å²) in [6.45, 7) is 6.15. The molecule has 4 heteroatoms. The summed E-state index contributed by atoms with van der Waals surface area (Å²) in [7, 11) is 0. The van der Waals surface area contributed by atoms with E-state index in [0.29, 0.717) is 5.92 Å². The smallest absolute Gasteiger partial charge is 0.0970 e. The van der Waals surface area contributed by atoms with Crippen molar-refractivity contribution < 1.29 is 19.4 Å². The van der Waals surface area contributed by atoms with Crippen LogP contribution >= 0.6 is 0 Å². The van der Waals surface area contributed by atoms with E-state index < -0.39 is 12.1 Å². The molecule has 0 amide bonds. The maximum Gasteiger partial charge on any atom is 0.0970 e. The highest BCUT2D eigenvalue weighted by Crippen LogP contribution is 2.13. The second-order valence-electron chi connectivity index (χ2n) is 7.03. The number of aliphatic hydroxyl groups excluding tert-OH is 1. The molecular formula is C22H31O4-. The summed E-state index contributed by atoms with van der Waals surface area (Å²) >= 11 is 0. The van der Waals surface area contributed by atoms with Crippen molar-refractivity contribution in [3.05, 3.63) is 59.6 Å². The largest absolute Gasteiger partial charge is 0.547 e. The van der Waals surface area contributed by atoms with Gasteiger partial charge < -0.3 is 19.4 Å². The zero-order valence-corrected chi connectivity index (χ0v) is 16.1. The van der Waals surface area contributed by atoms with Crippen LogP contribution in [0.3, 0.4) is 0 Å². The lowest BCUT2D eigenvalue weighted by molar-refractivity contribution is -0.314. The van der Waals surface area contributed by atoms with Crippen molar-refractivity contribution >= 4 is 5.97 Å². The average Bonchev–Trinajstić information content (AvgIpc) is 3.08. The number of allylic oxidation sites excluding steroid dienone is 5. The van der Waals surface area contributed by atoms with Crippen LogP contribution in [0, 0.1) is 5.92 Å². The lowest BCUT2D eigenvalue weighted by Crippen LogP contribution is -2.35. The first-order valence-corrected chi connectivity index (χ1v) is 9.28. The summed E-state index contributed by atoms with van der Waals surface area (Å²) in [5.74, 6) is -0.971. The molecule has 1 rings (SSSR count). The number of aliphatic carboxylic acids is 1. The van der Waals surface area contributed by atoms with Crippen LogP contribution in [0.4, 0.5) is 0 Å². The van der Waals surface area contributed by atoms with Gasteiger partial charge in [0, 0.05) is 0 Å². The number of rotatable bonds is 12. The Bertz CT molecular complexity index is 608. The van der Waals surface area contributed by atoms with Gasteiger partial charge in [-0.3, -0.25) is 0 Å². The van der Waals surface area contributed by atoms with Gasteiger partial charge in [0.15, 0.2) is 0 Å². The number of furan rings is 1. The summed E-state index contributed by atoms with van der Waals surface area (Å²) in [6, 6.07) is 2.01. The number of carboxylic acid groups (broad SMARTS) is 1. The van der Waals surface area contributed by atoms with Crippen molar-refractivity contribution in [3.8, 4) is 0 Å². The monoisotopic (exact) mass is 359 g/mol. The predicted octanol–water partition coefficient (Wildman–Crippen LogP) is 3.97. The van der Waals surface area contributed by atoms with Gasteiger partial charge in [-0.1, -0.05) is 42.4 Å². The molecular weight excluding hydrogens is 328 g/mol. The third-order valence-electron chi connectivity index (χ3n) is 4.34. The SMILES string of the molecule is C/C(=C/CCC(C)/C=C/C=C(\C)CCCc1ccoc1)CC(O)C(=O)[O-]. The van der Waals surface area contributed by atoms with Crippen LogP contribution in [-0.2, 0) is 11.2 Å². The fraction of sp³-hybridized carbons (Fsp3) is 0.500. The Hall–Kier alpha value is -2.07. The molecule has 1 heterocycles. The molecule has 0 bridgehead atoms. The fourth-order valence-corrected chi connectivity index (χ4v) is 2.66. The molecule has 0 aromatic carbocycles. The van der Waals surface area contributed by atoms with Crippen LogP contribution in [0.5, 0.6) is 0 Å². The number of aryl methyl sites for hydroxylation is 1. The number of hydrogen-bond acceptors (Lipinski definition) is 4. The van der Waals surface area contributed by atoms with Gasteiger partial charge in [-0.2, -0.15) is 0 Å². The Kier molecular flexibility index (Phi) is 10.4. The quantitative estimate of drug-likeness (QED) is 0.453. The summed E-state index contributed by atoms with van der Waals surface area (Å²) in [5, 5.41) is 19.8. The maximum absolute atomic E-state index is 10.5. The van der Waals surface area contributed by atoms with Gasteiger partial charge in [-0.05, 0) is 69.9 Å². The van der Waals surface area contributed by atoms with Crippen molar-refractivity contribution in [1.29, 1.82) is 0 Å². The molecule has 144 valence electrons. The Morgan fingerprint density at radius 3 is 2.77 bits per heavy atom. The van der Waals surface area contributed by atoms with Gasteiger partial charge in [0.1, 0.15) is 0 Å². The minimum absolute atomic E-state index is 0.132. The topological polar surface area (TPSA) is 73.5 Å². The zero-order chi connectivity index (χ0) is 19.4. The van der Waals surface area contributed by atoms with Crippen molar-refractivity contribution in [2.45, 2.75) is 65.4 Å². The van der Waals surface area contributed by atoms with Crippen LogP contribution in [0.25, 0.3) is 0 Å². The normalized spacial score (nSPS) is 15.4. The number of carbonyl (C=O) groups is 1. The maximum atomic E-state index is 10.5. The lowest BCUT2D eigenvalue weighted by Gasteiger charge is -2.11. The molecule has 0 saturated heterocycles. The summed E-state index contributed by atoms with van der Waals surface area (Å²) in [4.78, 5) is 10.5. The van der Waals surface area contributed by atoms with Crippen LogP contribution in [-0.4, -0.2) is 17.2 Å². The van der Waals surface area contributed by atoms with Gasteiger partial charge in [-0.15, -0.1) is 0 Å². The van der Waals surface area contributed by atoms with Gasteiger partial charge >= 0.3 is 0 Å². The van der Waals surface area contributed by atoms with Crippen LogP contribution < -0.4 is 5.11 Å². The van der Waals surface area contributed by atoms with E-state index in [4.69, 9.17) is 4.42 Å². The van der Waals surface area contributed by atoms with Crippen LogP contribution in [0.2, 0.25) is 0 Å². The van der Waals surface area contributed by atoms with Crippen molar-refractivity contribution in [1.82, 2.24) is 0 Å². The Balaban J connectivity index is 2.24. The molecule has 0 aliphatic carbocycles. The van der Waals surface area contributed by atoms with E-state index in [2.05, 4.69) is 32.1 Å². The average molecular weight is 359 g/mol. The minimum atomic E-state index is -1.42. The van der Waals surface area contributed by atoms with Crippen molar-refractivity contribution in [2.24, 2.45) is 5.92 Å². The Morgan fingerprint density at radius 2 is 2.12 bits per heavy atom. The molecule has 2 unspecified atom stereocenters. The zero-order valence-electron chi connectivity index (χ0n) is 16.1. The Morgan fingerprint density at radius 1 is 1.35 bits per heavy atom. The predicted molar refractivity (Wildman–Crippen MR) is 102 cm³/mol. The highest BCUT2D eigenvalue weighted by Gasteiger charge is 2.05. The summed E-state index contributed by atoms with van der Waals surface area (Å²) < 4.78 is 5.07. The summed E-state index contributed by atoms with van der Waals surface area (Å²) in [6.07, 6.45) is 15.8. The number of hydrogen-bond donors (Lipinski definition) is 1. The van der Waals surface area contributed by atoms with Crippen molar-refractivity contribution in [3.63, 3.8) is 0 Å². The molecule has 0 saturated carbocycles. The van der Waals surface area contributed by atoms with E-state index in [1.54, 1.807) is 12.5 Å². The lowest BCUT2D eigenvalue weighted by atomic mass is 10.0. The molecule has 0 aliphatic heterocycles. The molecule has 0 aliphatic rings. The third-order valence-corrected chi connectivity index (χ3v) is 4.34. The first kappa shape index (κ1) is 22.0. The highest BCUT2D eigenvalue weighted by molar-refractivity contribution is 5.69. The van der Waals surface area contributed by atoms with E-state index in [9.17, 15) is 15.0 Å². The molecule has 26 heavy (non-hydrogen) atoms. The van der Waals surface area contributed by atoms with Gasteiger partial charge in [-0.25, -0.2) is 0 Å². The van der Waals surface area contributed by atoms with Crippen LogP contribution in [0.1, 0.15) is 58.4 Å². The number of carboxylic acids is 1. The first-order chi connectivity index (χ1) is 12.4. The standard InChI is InChI=1S/C22H32O4/c1-17(9-5-11-19(3)15-21(23)22(24)25)7-4-8-18(2)10-6-12-20-13-14-26-16-20/h4,7-8,11,13-14,16-17,21,23H,5-6,9-10,12,15H2,1-3H3,(H,24,25)/p-1/b7-4+,18-8+,19-11-. The first-order valence-electron chi connectivity index (χ1n) is 9.28. The van der Waals surface area contributed by atoms with Gasteiger partial charge in [0.2, 0.25) is 0 Å². The molecule has 2 atom stereocenters. The fourth-order valence-electron chi connectivity index (χ4n) is 2.66. The second-order valence-corrected chi connectivity index (χ2v) is 7.03. The molecule has 4 nitrogen and oxygen atoms in total. The van der Waals surface area contributed by atoms with Gasteiger partial charge in [0.25, 0.3) is 0 Å². The van der Waals surface area contributed by atoms with Crippen LogP contribution in [0.15, 0.2) is 58.5 Å². The molecule has 1 aromatic rings. The van der Waals surface area contributed by atoms with Gasteiger partial charge in [0.05, 0.1) is 24.6 Å². The third kappa shape index (κ3) is 10.0. The van der Waals surface area contributed by atoms with E-state index in [0.717, 1.165) is 37.7 Å². The van der Waals surface area contributed by atoms with E-state index in [1.165, 1.54) is 11.1 Å². The Labute approximate surface area is 156 Å². The highest BCUT2D eigenvalue weighted by atomic mass is 16.4. The second kappa shape index (κ2) is 12.3. The number of aliphatic hydroxyl groups is 1. The molecule has 0 fully saturated rings. The van der Waals surface area contributed by atoms with E-state index in [-0.39, 0.29) is 6.42 Å². The molecule has 1 aromatic heterocycles. The molecule has 0 spiro atoms. The minimum Gasteiger partial charge on any atom is -0.547 e.